The molecule has 2 fully saturated rings. The number of nitrogens with two attached hydrogens (primary N) is 1. The summed E-state index contributed by atoms with van der Waals surface area (Å²) >= 11 is 0. The largest absolute Gasteiger partial charge is 0.368 e. The molecule has 4 heteroatoms. The molecular weight excluding hydrogens is 250 g/mol. The molecule has 0 spiro atoms. The van der Waals surface area contributed by atoms with Crippen molar-refractivity contribution in [1.29, 1.82) is 0 Å². The highest BCUT2D eigenvalue weighted by Crippen LogP contribution is 2.40. The van der Waals surface area contributed by atoms with Gasteiger partial charge in [0.1, 0.15) is 5.54 Å². The van der Waals surface area contributed by atoms with Crippen LogP contribution in [0.1, 0.15) is 58.8 Å². The summed E-state index contributed by atoms with van der Waals surface area (Å²) in [5.41, 5.74) is 5.31. The number of carbonyl (C=O) groups is 1. The van der Waals surface area contributed by atoms with E-state index in [0.717, 1.165) is 32.5 Å². The van der Waals surface area contributed by atoms with E-state index in [2.05, 4.69) is 24.1 Å². The molecule has 3 N–H and O–H groups in total. The lowest BCUT2D eigenvalue weighted by atomic mass is 9.89. The van der Waals surface area contributed by atoms with Gasteiger partial charge in [-0.3, -0.25) is 10.1 Å². The van der Waals surface area contributed by atoms with Crippen LogP contribution in [0.5, 0.6) is 0 Å². The smallest absolute Gasteiger partial charge is 0.239 e. The Balaban J connectivity index is 2.06. The molecule has 0 radical (unpaired) electrons. The predicted molar refractivity (Wildman–Crippen MR) is 82.4 cm³/mol. The van der Waals surface area contributed by atoms with E-state index >= 15 is 0 Å². The van der Waals surface area contributed by atoms with E-state index in [4.69, 9.17) is 5.73 Å². The number of hydrogen-bond donors (Lipinski definition) is 2. The summed E-state index contributed by atoms with van der Waals surface area (Å²) < 4.78 is 0. The third-order valence-electron chi connectivity index (χ3n) is 4.68. The van der Waals surface area contributed by atoms with E-state index in [9.17, 15) is 4.79 Å². The van der Waals surface area contributed by atoms with Crippen LogP contribution in [0, 0.1) is 5.92 Å². The van der Waals surface area contributed by atoms with Crippen LogP contribution >= 0.6 is 0 Å². The number of primary amides is 1. The number of nitrogens with one attached hydrogen (secondary N) is 1. The monoisotopic (exact) mass is 281 g/mol. The van der Waals surface area contributed by atoms with Gasteiger partial charge in [-0.25, -0.2) is 0 Å². The van der Waals surface area contributed by atoms with E-state index in [1.165, 1.54) is 32.1 Å². The zero-order chi connectivity index (χ0) is 14.6. The van der Waals surface area contributed by atoms with E-state index in [-0.39, 0.29) is 11.9 Å². The van der Waals surface area contributed by atoms with Gasteiger partial charge in [-0.1, -0.05) is 19.3 Å². The lowest BCUT2D eigenvalue weighted by Crippen LogP contribution is -2.65. The quantitative estimate of drug-likeness (QED) is 0.781. The molecule has 2 rings (SSSR count). The summed E-state index contributed by atoms with van der Waals surface area (Å²) in [5.74, 6) is 0.281. The topological polar surface area (TPSA) is 58.4 Å². The fraction of sp³-hybridized carbons (Fsp3) is 0.938. The second-order valence-corrected chi connectivity index (χ2v) is 6.95. The Labute approximate surface area is 123 Å². The average Bonchev–Trinajstić information content (AvgIpc) is 3.14. The maximum atomic E-state index is 12.2. The van der Waals surface area contributed by atoms with Crippen LogP contribution in [0.3, 0.4) is 0 Å². The molecule has 1 aliphatic carbocycles. The normalized spacial score (nSPS) is 24.9. The van der Waals surface area contributed by atoms with Gasteiger partial charge in [0, 0.05) is 12.6 Å². The van der Waals surface area contributed by atoms with E-state index in [1.54, 1.807) is 0 Å². The van der Waals surface area contributed by atoms with Crippen molar-refractivity contribution in [3.05, 3.63) is 0 Å². The molecule has 1 saturated carbocycles. The standard InChI is InChI=1S/C16H31N3O/c1-13(2)18-16(15(17)20,14-8-9-14)12-19-10-6-4-3-5-7-11-19/h13-14,18H,3-12H2,1-2H3,(H2,17,20). The zero-order valence-corrected chi connectivity index (χ0v) is 13.2. The van der Waals surface area contributed by atoms with Crippen LogP contribution < -0.4 is 11.1 Å². The molecule has 2 aliphatic rings. The van der Waals surface area contributed by atoms with Crippen LogP contribution in [0.2, 0.25) is 0 Å². The molecule has 0 aromatic rings. The van der Waals surface area contributed by atoms with Crippen molar-refractivity contribution in [3.63, 3.8) is 0 Å². The second kappa shape index (κ2) is 6.90. The van der Waals surface area contributed by atoms with Gasteiger partial charge in [0.25, 0.3) is 0 Å². The molecule has 116 valence electrons. The van der Waals surface area contributed by atoms with Crippen molar-refractivity contribution >= 4 is 5.91 Å². The number of likely N-dealkylation sites (tertiary alicyclic amines) is 1. The highest BCUT2D eigenvalue weighted by molar-refractivity contribution is 5.86. The molecule has 4 nitrogen and oxygen atoms in total. The zero-order valence-electron chi connectivity index (χ0n) is 13.2. The summed E-state index contributed by atoms with van der Waals surface area (Å²) in [6.07, 6.45) is 8.78. The molecule has 1 aliphatic heterocycles. The van der Waals surface area contributed by atoms with Gasteiger partial charge in [0.2, 0.25) is 5.91 Å². The minimum absolute atomic E-state index is 0.157. The predicted octanol–water partition coefficient (Wildman–Crippen LogP) is 1.88. The van der Waals surface area contributed by atoms with Crippen molar-refractivity contribution in [3.8, 4) is 0 Å². The van der Waals surface area contributed by atoms with Crippen LogP contribution in [-0.2, 0) is 4.79 Å². The Bertz CT molecular complexity index is 320. The number of nitrogens with zero attached hydrogens (tertiary/aromatic N) is 1. The molecular formula is C16H31N3O. The van der Waals surface area contributed by atoms with Crippen LogP contribution in [-0.4, -0.2) is 42.0 Å². The van der Waals surface area contributed by atoms with E-state index in [0.29, 0.717) is 5.92 Å². The summed E-state index contributed by atoms with van der Waals surface area (Å²) in [4.78, 5) is 14.7. The Hall–Kier alpha value is -0.610. The van der Waals surface area contributed by atoms with Gasteiger partial charge in [-0.15, -0.1) is 0 Å². The first-order valence-corrected chi connectivity index (χ1v) is 8.34. The van der Waals surface area contributed by atoms with Crippen molar-refractivity contribution in [2.24, 2.45) is 11.7 Å². The third kappa shape index (κ3) is 3.95. The molecule has 0 aromatic heterocycles. The first-order valence-electron chi connectivity index (χ1n) is 8.34. The summed E-state index contributed by atoms with van der Waals surface area (Å²) in [7, 11) is 0. The van der Waals surface area contributed by atoms with Crippen molar-refractivity contribution in [2.75, 3.05) is 19.6 Å². The van der Waals surface area contributed by atoms with Gasteiger partial charge in [-0.05, 0) is 58.5 Å². The van der Waals surface area contributed by atoms with Gasteiger partial charge >= 0.3 is 0 Å². The minimum Gasteiger partial charge on any atom is -0.368 e. The maximum absolute atomic E-state index is 12.2. The minimum atomic E-state index is -0.507. The SMILES string of the molecule is CC(C)NC(CN1CCCCCCC1)(C(N)=O)C1CC1. The average molecular weight is 281 g/mol. The molecule has 20 heavy (non-hydrogen) atoms. The molecule has 1 saturated heterocycles. The lowest BCUT2D eigenvalue weighted by molar-refractivity contribution is -0.126. The summed E-state index contributed by atoms with van der Waals surface area (Å²) in [6.45, 7) is 7.23. The first-order chi connectivity index (χ1) is 9.54. The van der Waals surface area contributed by atoms with Crippen LogP contribution in [0.25, 0.3) is 0 Å². The Morgan fingerprint density at radius 2 is 1.75 bits per heavy atom. The number of hydrogen-bond acceptors (Lipinski definition) is 3. The Kier molecular flexibility index (Phi) is 5.44. The fourth-order valence-corrected chi connectivity index (χ4v) is 3.56. The lowest BCUT2D eigenvalue weighted by Gasteiger charge is -2.39. The van der Waals surface area contributed by atoms with Crippen LogP contribution in [0.4, 0.5) is 0 Å². The van der Waals surface area contributed by atoms with Crippen molar-refractivity contribution < 1.29 is 4.79 Å². The molecule has 1 heterocycles. The third-order valence-corrected chi connectivity index (χ3v) is 4.68. The first kappa shape index (κ1) is 15.8. The number of carbonyl (C=O) groups excluding carboxylic acids is 1. The number of rotatable bonds is 6. The molecule has 1 atom stereocenters. The van der Waals surface area contributed by atoms with Crippen molar-refractivity contribution in [1.82, 2.24) is 10.2 Å². The molecule has 0 bridgehead atoms. The molecule has 1 amide bonds. The molecule has 0 aromatic carbocycles. The molecule has 1 unspecified atom stereocenters. The maximum Gasteiger partial charge on any atom is 0.239 e. The van der Waals surface area contributed by atoms with Crippen LogP contribution in [0.15, 0.2) is 0 Å². The summed E-state index contributed by atoms with van der Waals surface area (Å²) in [5, 5.41) is 3.52. The van der Waals surface area contributed by atoms with Gasteiger partial charge < -0.3 is 10.6 Å². The van der Waals surface area contributed by atoms with Crippen molar-refractivity contribution in [2.45, 2.75) is 70.4 Å². The van der Waals surface area contributed by atoms with E-state index < -0.39 is 5.54 Å². The highest BCUT2D eigenvalue weighted by atomic mass is 16.1. The van der Waals surface area contributed by atoms with Gasteiger partial charge in [-0.2, -0.15) is 0 Å². The van der Waals surface area contributed by atoms with E-state index in [1.807, 2.05) is 0 Å². The Morgan fingerprint density at radius 1 is 1.20 bits per heavy atom. The second-order valence-electron chi connectivity index (χ2n) is 6.95. The van der Waals surface area contributed by atoms with Gasteiger partial charge in [0.05, 0.1) is 0 Å². The van der Waals surface area contributed by atoms with Gasteiger partial charge in [0.15, 0.2) is 0 Å². The fourth-order valence-electron chi connectivity index (χ4n) is 3.56. The number of amides is 1. The highest BCUT2D eigenvalue weighted by Gasteiger charge is 2.50. The Morgan fingerprint density at radius 3 is 2.20 bits per heavy atom. The summed E-state index contributed by atoms with van der Waals surface area (Å²) in [6, 6.07) is 0.290.